The first kappa shape index (κ1) is 16.1. The summed E-state index contributed by atoms with van der Waals surface area (Å²) in [5.74, 6) is -0.734. The summed E-state index contributed by atoms with van der Waals surface area (Å²) in [5, 5.41) is 14.7. The van der Waals surface area contributed by atoms with E-state index in [-0.39, 0.29) is 17.6 Å². The first-order valence-corrected chi connectivity index (χ1v) is 6.60. The molecule has 1 rings (SSSR count). The molecule has 0 aliphatic rings. The minimum atomic E-state index is -1.06. The fourth-order valence-corrected chi connectivity index (χ4v) is 1.51. The van der Waals surface area contributed by atoms with Gasteiger partial charge in [0.2, 0.25) is 5.91 Å². The zero-order chi connectivity index (χ0) is 15.1. The molecular formula is C14H21N3O3. The normalized spacial score (nSPS) is 12.2. The molecule has 0 aromatic carbocycles. The summed E-state index contributed by atoms with van der Waals surface area (Å²) in [5.41, 5.74) is 0.592. The van der Waals surface area contributed by atoms with E-state index in [0.717, 1.165) is 0 Å². The van der Waals surface area contributed by atoms with Gasteiger partial charge < -0.3 is 15.7 Å². The number of amides is 1. The average molecular weight is 279 g/mol. The number of aromatic nitrogens is 1. The predicted molar refractivity (Wildman–Crippen MR) is 75.3 cm³/mol. The van der Waals surface area contributed by atoms with Gasteiger partial charge in [-0.15, -0.1) is 0 Å². The van der Waals surface area contributed by atoms with Gasteiger partial charge in [0.1, 0.15) is 5.69 Å². The van der Waals surface area contributed by atoms with Crippen LogP contribution in [0.25, 0.3) is 0 Å². The van der Waals surface area contributed by atoms with Crippen LogP contribution in [0.15, 0.2) is 18.2 Å². The summed E-state index contributed by atoms with van der Waals surface area (Å²) in [6, 6.07) is 4.43. The number of pyridine rings is 1. The van der Waals surface area contributed by atoms with Gasteiger partial charge in [0, 0.05) is 13.1 Å². The number of carboxylic acid groups (broad SMARTS) is 1. The fraction of sp³-hybridized carbons (Fsp3) is 0.500. The maximum absolute atomic E-state index is 11.8. The molecule has 1 heterocycles. The molecule has 1 aromatic rings. The molecule has 0 bridgehead atoms. The molecule has 1 amide bonds. The zero-order valence-corrected chi connectivity index (χ0v) is 12.0. The van der Waals surface area contributed by atoms with Gasteiger partial charge in [0.15, 0.2) is 0 Å². The van der Waals surface area contributed by atoms with Gasteiger partial charge >= 0.3 is 5.97 Å². The van der Waals surface area contributed by atoms with Gasteiger partial charge in [0.05, 0.1) is 11.7 Å². The molecule has 1 atom stereocenters. The molecule has 0 saturated carbocycles. The molecule has 0 saturated heterocycles. The minimum absolute atomic E-state index is 0.00112. The average Bonchev–Trinajstić information content (AvgIpc) is 2.42. The van der Waals surface area contributed by atoms with Crippen LogP contribution in [-0.4, -0.2) is 34.6 Å². The van der Waals surface area contributed by atoms with Gasteiger partial charge in [-0.3, -0.25) is 4.79 Å². The number of nitrogens with one attached hydrogen (secondary N) is 2. The summed E-state index contributed by atoms with van der Waals surface area (Å²) in [6.07, 6.45) is 0. The molecular weight excluding hydrogens is 258 g/mol. The lowest BCUT2D eigenvalue weighted by Crippen LogP contribution is -2.43. The van der Waals surface area contributed by atoms with Crippen molar-refractivity contribution in [2.24, 2.45) is 5.92 Å². The number of hydrogen-bond acceptors (Lipinski definition) is 4. The summed E-state index contributed by atoms with van der Waals surface area (Å²) >= 11 is 0. The number of carbonyl (C=O) groups excluding carboxylic acids is 1. The van der Waals surface area contributed by atoms with E-state index in [1.165, 1.54) is 6.07 Å². The van der Waals surface area contributed by atoms with E-state index < -0.39 is 5.97 Å². The number of rotatable bonds is 7. The molecule has 1 aromatic heterocycles. The zero-order valence-electron chi connectivity index (χ0n) is 12.0. The summed E-state index contributed by atoms with van der Waals surface area (Å²) in [4.78, 5) is 26.5. The van der Waals surface area contributed by atoms with Crippen molar-refractivity contribution in [3.05, 3.63) is 29.6 Å². The monoisotopic (exact) mass is 279 g/mol. The van der Waals surface area contributed by atoms with Crippen LogP contribution in [-0.2, 0) is 11.3 Å². The second kappa shape index (κ2) is 7.59. The Balaban J connectivity index is 2.48. The predicted octanol–water partition coefficient (Wildman–Crippen LogP) is 1.03. The third kappa shape index (κ3) is 5.36. The van der Waals surface area contributed by atoms with Crippen LogP contribution in [0.1, 0.15) is 37.0 Å². The quantitative estimate of drug-likeness (QED) is 0.693. The SMILES string of the molecule is CC(C)CNC(=O)C(C)NCc1cccc(C(=O)O)n1. The van der Waals surface area contributed by atoms with Crippen LogP contribution in [0, 0.1) is 5.92 Å². The van der Waals surface area contributed by atoms with Crippen molar-refractivity contribution in [2.45, 2.75) is 33.4 Å². The van der Waals surface area contributed by atoms with E-state index in [4.69, 9.17) is 5.11 Å². The smallest absolute Gasteiger partial charge is 0.354 e. The van der Waals surface area contributed by atoms with Crippen molar-refractivity contribution < 1.29 is 14.7 Å². The van der Waals surface area contributed by atoms with Crippen LogP contribution in [0.3, 0.4) is 0 Å². The number of aromatic carboxylic acids is 1. The Hall–Kier alpha value is -1.95. The second-order valence-corrected chi connectivity index (χ2v) is 5.06. The van der Waals surface area contributed by atoms with Crippen molar-refractivity contribution in [1.29, 1.82) is 0 Å². The number of hydrogen-bond donors (Lipinski definition) is 3. The Bertz CT molecular complexity index is 474. The number of nitrogens with zero attached hydrogens (tertiary/aromatic N) is 1. The minimum Gasteiger partial charge on any atom is -0.477 e. The summed E-state index contributed by atoms with van der Waals surface area (Å²) in [7, 11) is 0. The third-order valence-electron chi connectivity index (χ3n) is 2.69. The lowest BCUT2D eigenvalue weighted by Gasteiger charge is -2.15. The van der Waals surface area contributed by atoms with Crippen molar-refractivity contribution in [1.82, 2.24) is 15.6 Å². The van der Waals surface area contributed by atoms with Crippen molar-refractivity contribution in [3.63, 3.8) is 0 Å². The molecule has 20 heavy (non-hydrogen) atoms. The first-order chi connectivity index (χ1) is 9.40. The van der Waals surface area contributed by atoms with Gasteiger partial charge in [-0.2, -0.15) is 0 Å². The maximum Gasteiger partial charge on any atom is 0.354 e. The molecule has 110 valence electrons. The number of carboxylic acids is 1. The van der Waals surface area contributed by atoms with Crippen LogP contribution in [0.5, 0.6) is 0 Å². The van der Waals surface area contributed by atoms with Gasteiger partial charge in [-0.05, 0) is 25.0 Å². The van der Waals surface area contributed by atoms with E-state index in [9.17, 15) is 9.59 Å². The fourth-order valence-electron chi connectivity index (χ4n) is 1.51. The largest absolute Gasteiger partial charge is 0.477 e. The maximum atomic E-state index is 11.8. The van der Waals surface area contributed by atoms with Crippen LogP contribution < -0.4 is 10.6 Å². The molecule has 3 N–H and O–H groups in total. The van der Waals surface area contributed by atoms with Crippen molar-refractivity contribution >= 4 is 11.9 Å². The van der Waals surface area contributed by atoms with Crippen LogP contribution in [0.4, 0.5) is 0 Å². The van der Waals surface area contributed by atoms with Crippen LogP contribution in [0.2, 0.25) is 0 Å². The topological polar surface area (TPSA) is 91.3 Å². The lowest BCUT2D eigenvalue weighted by atomic mass is 10.2. The highest BCUT2D eigenvalue weighted by molar-refractivity contribution is 5.85. The third-order valence-corrected chi connectivity index (χ3v) is 2.69. The van der Waals surface area contributed by atoms with Crippen LogP contribution >= 0.6 is 0 Å². The van der Waals surface area contributed by atoms with E-state index in [2.05, 4.69) is 15.6 Å². The Morgan fingerprint density at radius 3 is 2.60 bits per heavy atom. The van der Waals surface area contributed by atoms with E-state index >= 15 is 0 Å². The van der Waals surface area contributed by atoms with E-state index in [0.29, 0.717) is 24.7 Å². The number of carbonyl (C=O) groups is 2. The lowest BCUT2D eigenvalue weighted by molar-refractivity contribution is -0.122. The van der Waals surface area contributed by atoms with E-state index in [1.54, 1.807) is 19.1 Å². The standard InChI is InChI=1S/C14H21N3O3/c1-9(2)7-16-13(18)10(3)15-8-11-5-4-6-12(17-11)14(19)20/h4-6,9-10,15H,7-8H2,1-3H3,(H,16,18)(H,19,20). The molecule has 0 aliphatic carbocycles. The van der Waals surface area contributed by atoms with Gasteiger partial charge in [-0.25, -0.2) is 9.78 Å². The molecule has 0 spiro atoms. The molecule has 0 radical (unpaired) electrons. The van der Waals surface area contributed by atoms with Crippen molar-refractivity contribution in [2.75, 3.05) is 6.54 Å². The Morgan fingerprint density at radius 2 is 2.00 bits per heavy atom. The van der Waals surface area contributed by atoms with Crippen molar-refractivity contribution in [3.8, 4) is 0 Å². The molecule has 0 aliphatic heterocycles. The highest BCUT2D eigenvalue weighted by Gasteiger charge is 2.12. The Labute approximate surface area is 118 Å². The first-order valence-electron chi connectivity index (χ1n) is 6.60. The molecule has 0 fully saturated rings. The van der Waals surface area contributed by atoms with Gasteiger partial charge in [-0.1, -0.05) is 19.9 Å². The highest BCUT2D eigenvalue weighted by atomic mass is 16.4. The Morgan fingerprint density at radius 1 is 1.30 bits per heavy atom. The molecule has 6 heteroatoms. The summed E-state index contributed by atoms with van der Waals surface area (Å²) in [6.45, 7) is 6.80. The highest BCUT2D eigenvalue weighted by Crippen LogP contribution is 2.00. The Kier molecular flexibility index (Phi) is 6.11. The van der Waals surface area contributed by atoms with Gasteiger partial charge in [0.25, 0.3) is 0 Å². The summed E-state index contributed by atoms with van der Waals surface area (Å²) < 4.78 is 0. The van der Waals surface area contributed by atoms with E-state index in [1.807, 2.05) is 13.8 Å². The molecule has 1 unspecified atom stereocenters. The second-order valence-electron chi connectivity index (χ2n) is 5.06. The molecule has 6 nitrogen and oxygen atoms in total.